The van der Waals surface area contributed by atoms with Gasteiger partial charge in [0, 0.05) is 30.2 Å². The molecular formula is C31H36ClN3O6. The molecule has 1 amide bonds. The minimum atomic E-state index is -1.21. The summed E-state index contributed by atoms with van der Waals surface area (Å²) in [5, 5.41) is 27.7. The molecule has 1 fully saturated rings. The van der Waals surface area contributed by atoms with E-state index in [4.69, 9.17) is 21.1 Å². The second-order valence-electron chi connectivity index (χ2n) is 10.5. The van der Waals surface area contributed by atoms with E-state index in [0.29, 0.717) is 12.1 Å². The quantitative estimate of drug-likeness (QED) is 0.185. The van der Waals surface area contributed by atoms with Gasteiger partial charge in [-0.25, -0.2) is 4.79 Å². The van der Waals surface area contributed by atoms with Crippen LogP contribution in [0.5, 0.6) is 11.5 Å². The summed E-state index contributed by atoms with van der Waals surface area (Å²) in [6, 6.07) is 20.8. The standard InChI is InChI=1S/C31H36ClN3O6/c1-31(39,20-33-25-13-15-35(16-14-25)18-22-7-9-24(32)10-8-22)21-41-28-17-26(36)11-12-27(28)34-29(37)19-40-30(38)23-5-3-2-4-6-23/h2-12,17,25,33,36,39H,13-16,18-21H2,1H3,(H,34,37)/t31-/m0/s1. The fourth-order valence-corrected chi connectivity index (χ4v) is 4.63. The number of hydrogen-bond acceptors (Lipinski definition) is 8. The van der Waals surface area contributed by atoms with Crippen LogP contribution in [0.25, 0.3) is 0 Å². The van der Waals surface area contributed by atoms with Crippen molar-refractivity contribution in [2.45, 2.75) is 38.0 Å². The number of nitrogens with zero attached hydrogens (tertiary/aromatic N) is 1. The highest BCUT2D eigenvalue weighted by molar-refractivity contribution is 6.30. The van der Waals surface area contributed by atoms with Crippen LogP contribution >= 0.6 is 11.6 Å². The summed E-state index contributed by atoms with van der Waals surface area (Å²) in [5.41, 5.74) is 0.642. The Labute approximate surface area is 245 Å². The molecule has 0 radical (unpaired) electrons. The van der Waals surface area contributed by atoms with Crippen LogP contribution in [0.2, 0.25) is 5.02 Å². The van der Waals surface area contributed by atoms with Gasteiger partial charge in [-0.15, -0.1) is 0 Å². The molecule has 0 unspecified atom stereocenters. The number of amides is 1. The maximum absolute atomic E-state index is 12.4. The number of rotatable bonds is 12. The fourth-order valence-electron chi connectivity index (χ4n) is 4.50. The lowest BCUT2D eigenvalue weighted by Gasteiger charge is -2.34. The molecule has 3 aromatic rings. The maximum Gasteiger partial charge on any atom is 0.338 e. The second kappa shape index (κ2) is 14.3. The van der Waals surface area contributed by atoms with Gasteiger partial charge < -0.3 is 30.3 Å². The Morgan fingerprint density at radius 1 is 1.05 bits per heavy atom. The number of phenolic OH excluding ortho intramolecular Hbond substituents is 1. The molecule has 41 heavy (non-hydrogen) atoms. The van der Waals surface area contributed by atoms with E-state index in [1.807, 2.05) is 24.3 Å². The van der Waals surface area contributed by atoms with Crippen molar-refractivity contribution in [3.63, 3.8) is 0 Å². The first-order valence-corrected chi connectivity index (χ1v) is 13.9. The lowest BCUT2D eigenvalue weighted by Crippen LogP contribution is -2.49. The van der Waals surface area contributed by atoms with Crippen molar-refractivity contribution in [1.82, 2.24) is 10.2 Å². The summed E-state index contributed by atoms with van der Waals surface area (Å²) in [6.07, 6.45) is 1.92. The Morgan fingerprint density at radius 3 is 2.46 bits per heavy atom. The first kappa shape index (κ1) is 30.3. The number of anilines is 1. The van der Waals surface area contributed by atoms with Gasteiger partial charge in [0.05, 0.1) is 11.3 Å². The highest BCUT2D eigenvalue weighted by atomic mass is 35.5. The predicted molar refractivity (Wildman–Crippen MR) is 157 cm³/mol. The highest BCUT2D eigenvalue weighted by Crippen LogP contribution is 2.29. The molecule has 1 aliphatic rings. The zero-order chi connectivity index (χ0) is 29.2. The van der Waals surface area contributed by atoms with Crippen molar-refractivity contribution in [3.8, 4) is 11.5 Å². The van der Waals surface area contributed by atoms with E-state index in [9.17, 15) is 19.8 Å². The van der Waals surface area contributed by atoms with Crippen LogP contribution < -0.4 is 15.4 Å². The summed E-state index contributed by atoms with van der Waals surface area (Å²) in [5.74, 6) is -1.06. The smallest absolute Gasteiger partial charge is 0.338 e. The SMILES string of the molecule is C[C@](O)(CNC1CCN(Cc2ccc(Cl)cc2)CC1)COc1cc(O)ccc1NC(=O)COC(=O)c1ccccc1. The van der Waals surface area contributed by atoms with Gasteiger partial charge >= 0.3 is 5.97 Å². The normalized spacial score (nSPS) is 15.6. The third kappa shape index (κ3) is 9.75. The van der Waals surface area contributed by atoms with E-state index < -0.39 is 24.1 Å². The lowest BCUT2D eigenvalue weighted by atomic mass is 10.0. The number of carbonyl (C=O) groups excluding carboxylic acids is 2. The second-order valence-corrected chi connectivity index (χ2v) is 11.0. The van der Waals surface area contributed by atoms with E-state index in [0.717, 1.165) is 37.5 Å². The van der Waals surface area contributed by atoms with Crippen LogP contribution in [-0.4, -0.2) is 71.5 Å². The number of piperidine rings is 1. The molecule has 0 aliphatic carbocycles. The van der Waals surface area contributed by atoms with Crippen LogP contribution in [0, 0.1) is 0 Å². The number of benzene rings is 3. The van der Waals surface area contributed by atoms with Crippen LogP contribution in [0.3, 0.4) is 0 Å². The van der Waals surface area contributed by atoms with Gasteiger partial charge in [-0.2, -0.15) is 0 Å². The summed E-state index contributed by atoms with van der Waals surface area (Å²) in [6.45, 7) is 4.19. The van der Waals surface area contributed by atoms with Crippen molar-refractivity contribution in [2.75, 3.05) is 38.2 Å². The molecule has 0 aromatic heterocycles. The summed E-state index contributed by atoms with van der Waals surface area (Å²) >= 11 is 5.98. The minimum absolute atomic E-state index is 0.0587. The summed E-state index contributed by atoms with van der Waals surface area (Å²) in [7, 11) is 0. The largest absolute Gasteiger partial charge is 0.508 e. The number of aromatic hydroxyl groups is 1. The molecular weight excluding hydrogens is 546 g/mol. The van der Waals surface area contributed by atoms with E-state index in [1.165, 1.54) is 23.8 Å². The number of carbonyl (C=O) groups is 2. The number of nitrogens with one attached hydrogen (secondary N) is 2. The molecule has 0 spiro atoms. The number of ether oxygens (including phenoxy) is 2. The maximum atomic E-state index is 12.4. The van der Waals surface area contributed by atoms with Crippen molar-refractivity contribution < 1.29 is 29.3 Å². The number of aliphatic hydroxyl groups is 1. The van der Waals surface area contributed by atoms with E-state index in [2.05, 4.69) is 15.5 Å². The van der Waals surface area contributed by atoms with E-state index >= 15 is 0 Å². The Morgan fingerprint density at radius 2 is 1.76 bits per heavy atom. The van der Waals surface area contributed by atoms with Gasteiger partial charge in [0.2, 0.25) is 0 Å². The zero-order valence-corrected chi connectivity index (χ0v) is 23.8. The molecule has 1 aliphatic heterocycles. The van der Waals surface area contributed by atoms with Gasteiger partial charge in [0.1, 0.15) is 23.7 Å². The Hall–Kier alpha value is -3.63. The van der Waals surface area contributed by atoms with Crippen LogP contribution in [0.15, 0.2) is 72.8 Å². The van der Waals surface area contributed by atoms with Gasteiger partial charge in [-0.1, -0.05) is 41.9 Å². The van der Waals surface area contributed by atoms with Crippen molar-refractivity contribution in [3.05, 3.63) is 88.9 Å². The molecule has 0 saturated carbocycles. The average molecular weight is 582 g/mol. The Balaban J connectivity index is 1.21. The fraction of sp³-hybridized carbons (Fsp3) is 0.355. The van der Waals surface area contributed by atoms with E-state index in [-0.39, 0.29) is 29.8 Å². The minimum Gasteiger partial charge on any atom is -0.508 e. The molecule has 1 heterocycles. The topological polar surface area (TPSA) is 120 Å². The van der Waals surface area contributed by atoms with Crippen molar-refractivity contribution >= 4 is 29.2 Å². The molecule has 1 atom stereocenters. The Bertz CT molecular complexity index is 1290. The zero-order valence-electron chi connectivity index (χ0n) is 23.0. The summed E-state index contributed by atoms with van der Waals surface area (Å²) < 4.78 is 10.9. The molecule has 1 saturated heterocycles. The van der Waals surface area contributed by atoms with Crippen molar-refractivity contribution in [1.29, 1.82) is 0 Å². The number of esters is 1. The number of hydrogen-bond donors (Lipinski definition) is 4. The lowest BCUT2D eigenvalue weighted by molar-refractivity contribution is -0.119. The number of likely N-dealkylation sites (tertiary alicyclic amines) is 1. The summed E-state index contributed by atoms with van der Waals surface area (Å²) in [4.78, 5) is 26.9. The van der Waals surface area contributed by atoms with Crippen LogP contribution in [-0.2, 0) is 16.1 Å². The predicted octanol–water partition coefficient (Wildman–Crippen LogP) is 4.23. The first-order chi connectivity index (χ1) is 19.7. The molecule has 3 aromatic carbocycles. The Kier molecular flexibility index (Phi) is 10.6. The number of halogens is 1. The van der Waals surface area contributed by atoms with Crippen LogP contribution in [0.4, 0.5) is 5.69 Å². The van der Waals surface area contributed by atoms with Gasteiger partial charge in [-0.05, 0) is 74.8 Å². The third-order valence-electron chi connectivity index (χ3n) is 6.80. The molecule has 9 nitrogen and oxygen atoms in total. The monoisotopic (exact) mass is 581 g/mol. The van der Waals surface area contributed by atoms with Crippen molar-refractivity contribution in [2.24, 2.45) is 0 Å². The molecule has 218 valence electrons. The third-order valence-corrected chi connectivity index (χ3v) is 7.05. The first-order valence-electron chi connectivity index (χ1n) is 13.6. The van der Waals surface area contributed by atoms with Crippen LogP contribution in [0.1, 0.15) is 35.7 Å². The molecule has 0 bridgehead atoms. The van der Waals surface area contributed by atoms with Gasteiger partial charge in [0.25, 0.3) is 5.91 Å². The van der Waals surface area contributed by atoms with E-state index in [1.54, 1.807) is 37.3 Å². The molecule has 10 heteroatoms. The van der Waals surface area contributed by atoms with Gasteiger partial charge in [0.15, 0.2) is 6.61 Å². The number of phenols is 1. The highest BCUT2D eigenvalue weighted by Gasteiger charge is 2.26. The molecule has 4 N–H and O–H groups in total. The molecule has 4 rings (SSSR count). The van der Waals surface area contributed by atoms with Gasteiger partial charge in [-0.3, -0.25) is 9.69 Å². The average Bonchev–Trinajstić information content (AvgIpc) is 2.97.